The molecule has 2 aromatic heterocycles. The van der Waals surface area contributed by atoms with Gasteiger partial charge in [0.2, 0.25) is 5.01 Å². The van der Waals surface area contributed by atoms with Crippen molar-refractivity contribution in [2.75, 3.05) is 24.5 Å². The van der Waals surface area contributed by atoms with Crippen molar-refractivity contribution in [3.63, 3.8) is 0 Å². The maximum Gasteiger partial charge on any atom is 0.411 e. The molecule has 0 saturated carbocycles. The Morgan fingerprint density at radius 3 is 2.35 bits per heavy atom. The van der Waals surface area contributed by atoms with E-state index >= 15 is 0 Å². The summed E-state index contributed by atoms with van der Waals surface area (Å²) in [6.45, 7) is 6.94. The fourth-order valence-corrected chi connectivity index (χ4v) is 8.74. The maximum atomic E-state index is 14.2. The Morgan fingerprint density at radius 2 is 1.63 bits per heavy atom. The lowest BCUT2D eigenvalue weighted by atomic mass is 9.90. The van der Waals surface area contributed by atoms with Crippen LogP contribution in [0, 0.1) is 0 Å². The largest absolute Gasteiger partial charge is 0.480 e. The van der Waals surface area contributed by atoms with Gasteiger partial charge < -0.3 is 19.8 Å². The number of nitrogens with zero attached hydrogens (tertiary/aromatic N) is 5. The summed E-state index contributed by atoms with van der Waals surface area (Å²) in [6, 6.07) is 13.4. The van der Waals surface area contributed by atoms with Crippen molar-refractivity contribution in [1.29, 1.82) is 0 Å². The Kier molecular flexibility index (Phi) is 8.49. The number of rotatable bonds is 6. The van der Waals surface area contributed by atoms with Gasteiger partial charge in [0.05, 0.1) is 30.5 Å². The number of benzene rings is 2. The Bertz CT molecular complexity index is 1980. The second-order valence-electron chi connectivity index (χ2n) is 13.4. The molecule has 0 fully saturated rings. The van der Waals surface area contributed by atoms with Gasteiger partial charge in [-0.15, -0.1) is 22.7 Å². The van der Waals surface area contributed by atoms with Crippen LogP contribution in [0.2, 0.25) is 0 Å². The van der Waals surface area contributed by atoms with E-state index in [9.17, 15) is 29.4 Å². The van der Waals surface area contributed by atoms with E-state index in [1.807, 2.05) is 41.3 Å². The van der Waals surface area contributed by atoms with Crippen LogP contribution in [0.25, 0.3) is 11.1 Å². The molecule has 2 N–H and O–H groups in total. The minimum Gasteiger partial charge on any atom is -0.480 e. The zero-order chi connectivity index (χ0) is 34.6. The van der Waals surface area contributed by atoms with Gasteiger partial charge in [-0.2, -0.15) is 0 Å². The normalized spacial score (nSPS) is 17.3. The molecule has 4 aromatic rings. The molecule has 0 spiro atoms. The monoisotopic (exact) mass is 701 g/mol. The van der Waals surface area contributed by atoms with E-state index in [4.69, 9.17) is 9.72 Å². The number of aromatic nitrogens is 2. The average Bonchev–Trinajstić information content (AvgIpc) is 3.79. The molecule has 12 nitrogen and oxygen atoms in total. The summed E-state index contributed by atoms with van der Waals surface area (Å²) in [4.78, 5) is 67.0. The molecular weight excluding hydrogens is 667 g/mol. The van der Waals surface area contributed by atoms with Crippen molar-refractivity contribution in [1.82, 2.24) is 19.8 Å². The number of aliphatic carboxylic acids is 1. The average molecular weight is 702 g/mol. The third-order valence-corrected chi connectivity index (χ3v) is 11.0. The Labute approximate surface area is 290 Å². The van der Waals surface area contributed by atoms with Gasteiger partial charge in [0.1, 0.15) is 5.60 Å². The molecule has 2 aromatic carbocycles. The first kappa shape index (κ1) is 32.9. The minimum atomic E-state index is -1.11. The summed E-state index contributed by atoms with van der Waals surface area (Å²) in [5.41, 5.74) is 5.17. The molecule has 14 heteroatoms. The fraction of sp³-hybridized carbons (Fsp3) is 0.371. The van der Waals surface area contributed by atoms with Gasteiger partial charge in [-0.25, -0.2) is 19.6 Å². The van der Waals surface area contributed by atoms with Gasteiger partial charge in [0, 0.05) is 47.9 Å². The summed E-state index contributed by atoms with van der Waals surface area (Å²) >= 11 is 2.38. The van der Waals surface area contributed by atoms with Gasteiger partial charge >= 0.3 is 18.0 Å². The van der Waals surface area contributed by atoms with E-state index in [-0.39, 0.29) is 30.4 Å². The zero-order valence-electron chi connectivity index (χ0n) is 27.3. The van der Waals surface area contributed by atoms with Crippen LogP contribution in [0.3, 0.4) is 0 Å². The molecule has 1 unspecified atom stereocenters. The Morgan fingerprint density at radius 1 is 0.918 bits per heavy atom. The summed E-state index contributed by atoms with van der Waals surface area (Å²) in [5.74, 6) is -2.23. The number of thiazole rings is 2. The van der Waals surface area contributed by atoms with E-state index < -0.39 is 29.7 Å². The van der Waals surface area contributed by atoms with Crippen molar-refractivity contribution >= 4 is 52.3 Å². The predicted octanol–water partition coefficient (Wildman–Crippen LogP) is 5.64. The van der Waals surface area contributed by atoms with Crippen LogP contribution in [-0.4, -0.2) is 79.2 Å². The molecule has 5 heterocycles. The van der Waals surface area contributed by atoms with Crippen molar-refractivity contribution in [3.8, 4) is 11.1 Å². The van der Waals surface area contributed by atoms with E-state index in [0.717, 1.165) is 49.8 Å². The first-order chi connectivity index (χ1) is 23.3. The summed E-state index contributed by atoms with van der Waals surface area (Å²) in [5, 5.41) is 19.3. The first-order valence-electron chi connectivity index (χ1n) is 16.0. The molecule has 0 aliphatic carbocycles. The Balaban J connectivity index is 1.29. The van der Waals surface area contributed by atoms with Crippen molar-refractivity contribution < 1.29 is 34.1 Å². The van der Waals surface area contributed by atoms with Crippen LogP contribution in [0.15, 0.2) is 42.5 Å². The third-order valence-electron chi connectivity index (χ3n) is 8.86. The van der Waals surface area contributed by atoms with Crippen molar-refractivity contribution in [3.05, 3.63) is 84.7 Å². The highest BCUT2D eigenvalue weighted by Crippen LogP contribution is 2.44. The van der Waals surface area contributed by atoms with Gasteiger partial charge in [-0.05, 0) is 61.6 Å². The molecule has 1 atom stereocenters. The zero-order valence-corrected chi connectivity index (χ0v) is 28.9. The molecule has 0 bridgehead atoms. The third kappa shape index (κ3) is 6.55. The van der Waals surface area contributed by atoms with E-state index in [1.165, 1.54) is 11.3 Å². The smallest absolute Gasteiger partial charge is 0.411 e. The number of amides is 2. The van der Waals surface area contributed by atoms with Crippen LogP contribution in [0.5, 0.6) is 0 Å². The number of carbonyl (C=O) groups is 4. The molecule has 254 valence electrons. The SMILES string of the molecule is CC(C)(C)OC(=O)N1Cc2sc(C(=O)O)nc2CC1c1cc(-c2ccccc2)c2c(c1)N(C(=O)c1nc3c(s1)CN(CC(=O)O)CC3)CC2. The quantitative estimate of drug-likeness (QED) is 0.258. The van der Waals surface area contributed by atoms with Crippen LogP contribution in [0.1, 0.15) is 78.7 Å². The summed E-state index contributed by atoms with van der Waals surface area (Å²) < 4.78 is 5.84. The van der Waals surface area contributed by atoms with E-state index in [2.05, 4.69) is 11.1 Å². The number of hydrogen-bond acceptors (Lipinski definition) is 10. The van der Waals surface area contributed by atoms with Crippen LogP contribution in [0.4, 0.5) is 10.5 Å². The highest BCUT2D eigenvalue weighted by atomic mass is 32.1. The first-order valence-corrected chi connectivity index (χ1v) is 17.7. The molecule has 3 aliphatic heterocycles. The number of carboxylic acids is 2. The highest BCUT2D eigenvalue weighted by molar-refractivity contribution is 7.14. The molecular formula is C35H35N5O7S2. The molecule has 49 heavy (non-hydrogen) atoms. The molecule has 0 radical (unpaired) electrons. The summed E-state index contributed by atoms with van der Waals surface area (Å²) in [6.07, 6.45) is 0.969. The van der Waals surface area contributed by atoms with Gasteiger partial charge in [0.25, 0.3) is 5.91 Å². The van der Waals surface area contributed by atoms with Crippen molar-refractivity contribution in [2.24, 2.45) is 0 Å². The lowest BCUT2D eigenvalue weighted by Crippen LogP contribution is -2.41. The number of ether oxygens (including phenoxy) is 1. The summed E-state index contributed by atoms with van der Waals surface area (Å²) in [7, 11) is 0. The van der Waals surface area contributed by atoms with Gasteiger partial charge in [-0.3, -0.25) is 19.4 Å². The van der Waals surface area contributed by atoms with E-state index in [1.54, 1.807) is 30.6 Å². The lowest BCUT2D eigenvalue weighted by Gasteiger charge is -2.37. The molecule has 7 rings (SSSR count). The second kappa shape index (κ2) is 12.7. The Hall–Kier alpha value is -4.66. The topological polar surface area (TPSA) is 153 Å². The second-order valence-corrected chi connectivity index (χ2v) is 15.6. The number of carbonyl (C=O) groups excluding carboxylic acids is 2. The maximum absolute atomic E-state index is 14.2. The van der Waals surface area contributed by atoms with Crippen LogP contribution in [-0.2, 0) is 41.9 Å². The predicted molar refractivity (Wildman–Crippen MR) is 183 cm³/mol. The minimum absolute atomic E-state index is 0.0253. The fourth-order valence-electron chi connectivity index (χ4n) is 6.71. The number of aromatic carboxylic acids is 1. The molecule has 0 saturated heterocycles. The number of anilines is 1. The molecule has 2 amide bonds. The standard InChI is InChI=1S/C35H35N5O7S2/c1-35(2,3)47-34(46)40-17-28-24(37-31(49-28)33(44)45)15-25(40)20-13-22(19-7-5-4-6-8-19)21-9-12-39(26(21)14-20)32(43)30-36-23-10-11-38(18-29(41)42)16-27(23)48-30/h4-8,13-14,25H,9-12,15-18H2,1-3H3,(H,41,42)(H,44,45). The van der Waals surface area contributed by atoms with E-state index in [0.29, 0.717) is 48.1 Å². The number of fused-ring (bicyclic) bond motifs is 3. The van der Waals surface area contributed by atoms with Gasteiger partial charge in [-0.1, -0.05) is 30.3 Å². The van der Waals surface area contributed by atoms with Gasteiger partial charge in [0.15, 0.2) is 5.01 Å². The lowest BCUT2D eigenvalue weighted by molar-refractivity contribution is -0.138. The molecule has 3 aliphatic rings. The van der Waals surface area contributed by atoms with Crippen LogP contribution < -0.4 is 4.90 Å². The highest BCUT2D eigenvalue weighted by Gasteiger charge is 2.39. The van der Waals surface area contributed by atoms with Crippen LogP contribution >= 0.6 is 22.7 Å². The number of carboxylic acid groups (broad SMARTS) is 2. The van der Waals surface area contributed by atoms with Crippen molar-refractivity contribution in [2.45, 2.75) is 64.8 Å². The number of hydrogen-bond donors (Lipinski definition) is 2.